The molecule has 0 amide bonds. The topological polar surface area (TPSA) is 202 Å². The number of likely N-dealkylation sites (tertiary alicyclic amines) is 3. The van der Waals surface area contributed by atoms with Crippen LogP contribution in [0.25, 0.3) is 0 Å². The number of nitrogens with two attached hydrogens (primary N) is 1. The third-order valence-corrected chi connectivity index (χ3v) is 35.6. The minimum absolute atomic E-state index is 0. The molecule has 8 atom stereocenters. The van der Waals surface area contributed by atoms with Gasteiger partial charge in [-0.1, -0.05) is 227 Å². The third-order valence-electron chi connectivity index (χ3n) is 33.7. The van der Waals surface area contributed by atoms with E-state index in [2.05, 4.69) is 209 Å². The first kappa shape index (κ1) is 121. The number of aliphatic carboxylic acids is 1. The van der Waals surface area contributed by atoms with E-state index in [0.29, 0.717) is 96.6 Å². The highest BCUT2D eigenvalue weighted by atomic mass is 79.9. The number of piperidine rings is 3. The van der Waals surface area contributed by atoms with Gasteiger partial charge in [-0.15, -0.1) is 25.6 Å². The molecule has 4 aromatic rings. The smallest absolute Gasteiger partial charge is 0.480 e. The van der Waals surface area contributed by atoms with Crippen molar-refractivity contribution in [2.45, 2.75) is 433 Å². The lowest BCUT2D eigenvalue weighted by Gasteiger charge is -2.46. The molecule has 0 bridgehead atoms. The van der Waals surface area contributed by atoms with Crippen molar-refractivity contribution >= 4 is 120 Å². The van der Waals surface area contributed by atoms with Crippen LogP contribution in [0.4, 0.5) is 0 Å². The Kier molecular flexibility index (Phi) is 46.2. The number of benzene rings is 4. The molecule has 0 spiro atoms. The predicted molar refractivity (Wildman–Crippen MR) is 589 cm³/mol. The SMILES string of the molecule is C=CCCC(C)(C(=O)CC(C)(C)C)C1CCCCC1.C=CCCC(C)(C(=O)CC(C)(C)C)C1CCN(C2CCCc3cc(Cl)ccc32)CC1.CC(C)(C)CC(=O)C(C)(CCCCB1OC(C)(C)C(C)(C)O1)C1CCN(C2CCCc3cc(Cl)ccc32)CC1.CC1(C)O[B]OC1(C)C.Cl.Clc1ccc2c(c1)CCCC2Br.NC(CCCCB(O)O)(C(=O)O)C1CCN(C2CCCc3cc(Cl)ccc32)CC1. The van der Waals surface area contributed by atoms with Crippen molar-refractivity contribution < 1.29 is 53.0 Å². The van der Waals surface area contributed by atoms with Gasteiger partial charge in [-0.3, -0.25) is 33.9 Å². The maximum atomic E-state index is 13.9. The highest BCUT2D eigenvalue weighted by Crippen LogP contribution is 2.52. The molecule has 5 N–H and O–H groups in total. The normalized spacial score (nSPS) is 23.5. The van der Waals surface area contributed by atoms with Gasteiger partial charge in [-0.2, -0.15) is 0 Å². The number of halogens is 6. The fourth-order valence-corrected chi connectivity index (χ4v) is 25.1. The Morgan fingerprint density at radius 1 is 0.446 bits per heavy atom. The molecule has 14 rings (SSSR count). The standard InChI is InChI=1S/C33H53BClNO3.C27H40ClNO.C21H32BClN2O4.C18H32O.C10H10BrCl.C6H12BO2.ClH/c1-30(2,3)23-29(37)33(8,18-9-10-19-34-38-31(4,5)32(6,7)39-34)25-16-20-36(21-17-25)28-13-11-12-24-22-26(35)14-15-27(24)28;1-6-7-15-27(5,25(30)19-26(2,3)4)21-13-16-29(17-14-21)24-10-8-9-20-18-22(28)11-12-23(20)24;23-17-6-7-18-15(14-17)4-3-5-19(18)25-12-8-16(9-13-25)21(24,20(26)27)10-1-2-11-22(28)29;1-6-7-13-18(5,15-11-9-8-10-12-15)16(19)14-17(2,3)4;11-10-3-1-2-7-6-8(12)4-5-9(7)10;1-5(2)6(3,4)9-7-8-5;/h14-15,22,25,28H,9-13,16-21,23H2,1-8H3;6,11-12,18,21,24H,1,7-10,13-17,19H2,2-5H3;6-7,14,16,19,28-29H,1-5,8-13,24H2,(H,26,27);6,15H,1,7-14H2,2-5H3;4-6,10H,1-3H2;1-4H3;1H. The first-order chi connectivity index (χ1) is 64.6. The van der Waals surface area contributed by atoms with Crippen LogP contribution in [-0.2, 0) is 63.5 Å². The Hall–Kier alpha value is -3.44. The number of rotatable bonds is 30. The van der Waals surface area contributed by atoms with E-state index in [4.69, 9.17) is 80.8 Å². The summed E-state index contributed by atoms with van der Waals surface area (Å²) in [5, 5.41) is 31.1. The quantitative estimate of drug-likeness (QED) is 0.0166. The second kappa shape index (κ2) is 53.1. The zero-order valence-electron chi connectivity index (χ0n) is 89.3. The van der Waals surface area contributed by atoms with Crippen LogP contribution in [0.3, 0.4) is 0 Å². The van der Waals surface area contributed by atoms with Crippen molar-refractivity contribution in [1.82, 2.24) is 14.7 Å². The van der Waals surface area contributed by atoms with Gasteiger partial charge >= 0.3 is 27.9 Å². The van der Waals surface area contributed by atoms with Gasteiger partial charge in [0.25, 0.3) is 0 Å². The summed E-state index contributed by atoms with van der Waals surface area (Å²) in [4.78, 5) is 60.5. The second-order valence-corrected chi connectivity index (χ2v) is 51.8. The molecule has 15 nitrogen and oxygen atoms in total. The van der Waals surface area contributed by atoms with E-state index in [1.807, 2.05) is 58.0 Å². The van der Waals surface area contributed by atoms with Crippen LogP contribution < -0.4 is 5.73 Å². The van der Waals surface area contributed by atoms with Gasteiger partial charge in [0.1, 0.15) is 22.9 Å². The molecule has 139 heavy (non-hydrogen) atoms. The summed E-state index contributed by atoms with van der Waals surface area (Å²) >= 11 is 28.3. The van der Waals surface area contributed by atoms with E-state index in [0.717, 1.165) is 181 Å². The molecule has 0 aromatic heterocycles. The van der Waals surface area contributed by atoms with E-state index in [1.54, 1.807) is 0 Å². The van der Waals surface area contributed by atoms with Crippen molar-refractivity contribution in [2.75, 3.05) is 39.3 Å². The van der Waals surface area contributed by atoms with Crippen LogP contribution in [0.15, 0.2) is 98.1 Å². The fraction of sp³-hybridized carbons (Fsp3) is 0.722. The Morgan fingerprint density at radius 3 is 1.09 bits per heavy atom. The number of aryl methyl sites for hydroxylation is 4. The van der Waals surface area contributed by atoms with Crippen LogP contribution in [0.1, 0.15) is 411 Å². The molecule has 10 aliphatic rings. The number of hydrogen-bond donors (Lipinski definition) is 4. The molecule has 6 fully saturated rings. The maximum absolute atomic E-state index is 13.9. The average Bonchev–Trinajstić information content (AvgIpc) is 1.70. The monoisotopic (exact) mass is 2080 g/mol. The molecule has 1 saturated carbocycles. The van der Waals surface area contributed by atoms with Crippen molar-refractivity contribution in [1.29, 1.82) is 0 Å². The van der Waals surface area contributed by atoms with Gasteiger partial charge < -0.3 is 39.5 Å². The van der Waals surface area contributed by atoms with Crippen molar-refractivity contribution in [2.24, 2.45) is 61.9 Å². The first-order valence-electron chi connectivity index (χ1n) is 53.3. The van der Waals surface area contributed by atoms with Crippen LogP contribution in [0.2, 0.25) is 32.7 Å². The molecule has 4 aromatic carbocycles. The first-order valence-corrected chi connectivity index (χ1v) is 55.7. The largest absolute Gasteiger partial charge is 0.488 e. The van der Waals surface area contributed by atoms with Gasteiger partial charge in [0.05, 0.1) is 22.4 Å². The summed E-state index contributed by atoms with van der Waals surface area (Å²) < 4.78 is 22.9. The number of allylic oxidation sites excluding steroid dienone is 2. The van der Waals surface area contributed by atoms with Crippen molar-refractivity contribution in [3.05, 3.63) is 163 Å². The Labute approximate surface area is 878 Å². The summed E-state index contributed by atoms with van der Waals surface area (Å²) in [5.74, 6) is 1.88. The van der Waals surface area contributed by atoms with Gasteiger partial charge in [-0.25, -0.2) is 0 Å². The highest BCUT2D eigenvalue weighted by molar-refractivity contribution is 9.09. The van der Waals surface area contributed by atoms with E-state index < -0.39 is 18.6 Å². The molecule has 5 saturated heterocycles. The number of carbonyl (C=O) groups excluding carboxylic acids is 3. The molecule has 5 aliphatic heterocycles. The number of ketones is 3. The second-order valence-electron chi connectivity index (χ2n) is 49.0. The summed E-state index contributed by atoms with van der Waals surface area (Å²) in [6.07, 6.45) is 42.0. The molecule has 8 unspecified atom stereocenters. The maximum Gasteiger partial charge on any atom is 0.488 e. The van der Waals surface area contributed by atoms with Crippen molar-refractivity contribution in [3.63, 3.8) is 0 Å². The zero-order valence-corrected chi connectivity index (χ0v) is 94.7. The third kappa shape index (κ3) is 34.0. The number of unbranched alkanes of at least 4 members (excludes halogenated alkanes) is 2. The lowest BCUT2D eigenvalue weighted by Crippen LogP contribution is -2.57. The number of carboxylic acids is 1. The number of carboxylic acid groups (broad SMARTS) is 1. The zero-order chi connectivity index (χ0) is 102. The number of carbonyl (C=O) groups is 4. The van der Waals surface area contributed by atoms with Crippen LogP contribution >= 0.6 is 74.7 Å². The van der Waals surface area contributed by atoms with Gasteiger partial charge in [0.15, 0.2) is 0 Å². The highest BCUT2D eigenvalue weighted by Gasteiger charge is 2.53. The van der Waals surface area contributed by atoms with E-state index >= 15 is 0 Å². The minimum atomic E-state index is -1.34. The summed E-state index contributed by atoms with van der Waals surface area (Å²) in [5.41, 5.74) is 15.1. The Balaban J connectivity index is 0.000000215. The van der Waals surface area contributed by atoms with Crippen LogP contribution in [0, 0.1) is 56.2 Å². The molecule has 5 heterocycles. The number of hydrogen-bond acceptors (Lipinski definition) is 14. The lowest BCUT2D eigenvalue weighted by molar-refractivity contribution is -0.147. The van der Waals surface area contributed by atoms with E-state index in [9.17, 15) is 24.3 Å². The molecular formula is C115H180B3BrCl5N4O11. The van der Waals surface area contributed by atoms with Crippen molar-refractivity contribution in [3.8, 4) is 0 Å². The number of alkyl halides is 1. The number of fused-ring (bicyclic) bond motifs is 4. The molecular weight excluding hydrogens is 1900 g/mol. The fourth-order valence-electron chi connectivity index (χ4n) is 23.5. The summed E-state index contributed by atoms with van der Waals surface area (Å²) in [6, 6.07) is 26.7. The lowest BCUT2D eigenvalue weighted by atomic mass is 9.63. The molecule has 777 valence electrons. The molecule has 5 aliphatic carbocycles. The molecule has 24 heteroatoms. The Morgan fingerprint density at radius 2 is 0.763 bits per heavy atom. The van der Waals surface area contributed by atoms with Crippen LogP contribution in [0.5, 0.6) is 0 Å². The van der Waals surface area contributed by atoms with E-state index in [-0.39, 0.29) is 86.7 Å². The minimum Gasteiger partial charge on any atom is -0.480 e. The predicted octanol–water partition coefficient (Wildman–Crippen LogP) is 30.2. The average molecular weight is 2080 g/mol. The summed E-state index contributed by atoms with van der Waals surface area (Å²) in [7, 11) is -0.0773. The van der Waals surface area contributed by atoms with Gasteiger partial charge in [0, 0.05) is 78.6 Å². The summed E-state index contributed by atoms with van der Waals surface area (Å²) in [6.45, 7) is 56.6. The van der Waals surface area contributed by atoms with Crippen LogP contribution in [-0.4, -0.2) is 142 Å². The number of nitrogens with zero attached hydrogens (tertiary/aromatic N) is 3. The molecule has 1 radical (unpaired) electrons. The Bertz CT molecular complexity index is 4550. The van der Waals surface area contributed by atoms with Gasteiger partial charge in [0.2, 0.25) is 0 Å². The van der Waals surface area contributed by atoms with E-state index in [1.165, 1.54) is 129 Å². The van der Waals surface area contributed by atoms with Gasteiger partial charge in [-0.05, 0) is 407 Å². The number of Topliss-reactive ketones (excluding diaryl/α,β-unsaturated/α-hetero) is 3.